The highest BCUT2D eigenvalue weighted by molar-refractivity contribution is 9.10. The standard InChI is InChI=1S/C13H12BrNOS/c1-8-4-3-5-11(12(8)14)15-13(16)10-7-17-6-9(10)2/h3-7H,1-2H3,(H,15,16). The van der Waals surface area contributed by atoms with Crippen molar-refractivity contribution in [1.29, 1.82) is 0 Å². The molecule has 0 unspecified atom stereocenters. The zero-order chi connectivity index (χ0) is 12.4. The van der Waals surface area contributed by atoms with Gasteiger partial charge in [0, 0.05) is 9.85 Å². The van der Waals surface area contributed by atoms with Gasteiger partial charge in [0.25, 0.3) is 5.91 Å². The van der Waals surface area contributed by atoms with E-state index in [1.807, 2.05) is 42.8 Å². The van der Waals surface area contributed by atoms with E-state index in [2.05, 4.69) is 21.2 Å². The van der Waals surface area contributed by atoms with Gasteiger partial charge in [0.1, 0.15) is 0 Å². The lowest BCUT2D eigenvalue weighted by molar-refractivity contribution is 0.102. The minimum atomic E-state index is -0.0601. The number of thiophene rings is 1. The lowest BCUT2D eigenvalue weighted by Gasteiger charge is -2.08. The fourth-order valence-corrected chi connectivity index (χ4v) is 2.72. The van der Waals surface area contributed by atoms with Gasteiger partial charge in [-0.15, -0.1) is 0 Å². The van der Waals surface area contributed by atoms with Gasteiger partial charge in [-0.2, -0.15) is 11.3 Å². The SMILES string of the molecule is Cc1cscc1C(=O)Nc1cccc(C)c1Br. The molecule has 0 aliphatic heterocycles. The number of nitrogens with one attached hydrogen (secondary N) is 1. The molecule has 1 N–H and O–H groups in total. The summed E-state index contributed by atoms with van der Waals surface area (Å²) in [5.74, 6) is -0.0601. The minimum Gasteiger partial charge on any atom is -0.321 e. The van der Waals surface area contributed by atoms with E-state index in [1.54, 1.807) is 0 Å². The van der Waals surface area contributed by atoms with Crippen molar-refractivity contribution in [2.45, 2.75) is 13.8 Å². The van der Waals surface area contributed by atoms with Crippen LogP contribution in [0.4, 0.5) is 5.69 Å². The molecule has 1 heterocycles. The molecule has 1 aromatic heterocycles. The molecule has 1 amide bonds. The summed E-state index contributed by atoms with van der Waals surface area (Å²) in [5.41, 5.74) is 3.66. The highest BCUT2D eigenvalue weighted by Crippen LogP contribution is 2.26. The van der Waals surface area contributed by atoms with Gasteiger partial charge in [-0.1, -0.05) is 12.1 Å². The van der Waals surface area contributed by atoms with E-state index in [9.17, 15) is 4.79 Å². The van der Waals surface area contributed by atoms with Crippen LogP contribution in [0.5, 0.6) is 0 Å². The van der Waals surface area contributed by atoms with Gasteiger partial charge in [0.05, 0.1) is 11.3 Å². The molecule has 0 aliphatic rings. The number of halogens is 1. The molecular formula is C13H12BrNOS. The van der Waals surface area contributed by atoms with Crippen LogP contribution in [0.1, 0.15) is 21.5 Å². The van der Waals surface area contributed by atoms with E-state index in [0.29, 0.717) is 0 Å². The van der Waals surface area contributed by atoms with Crippen LogP contribution >= 0.6 is 27.3 Å². The van der Waals surface area contributed by atoms with Crippen LogP contribution < -0.4 is 5.32 Å². The number of benzene rings is 1. The average Bonchev–Trinajstić information content (AvgIpc) is 2.71. The summed E-state index contributed by atoms with van der Waals surface area (Å²) < 4.78 is 0.932. The van der Waals surface area contributed by atoms with Gasteiger partial charge >= 0.3 is 0 Å². The Balaban J connectivity index is 2.25. The summed E-state index contributed by atoms with van der Waals surface area (Å²) in [6.45, 7) is 3.94. The Kier molecular flexibility index (Phi) is 3.64. The molecule has 88 valence electrons. The van der Waals surface area contributed by atoms with E-state index in [4.69, 9.17) is 0 Å². The first-order valence-electron chi connectivity index (χ1n) is 5.19. The van der Waals surface area contributed by atoms with Crippen LogP contribution in [0.25, 0.3) is 0 Å². The number of amides is 1. The second-order valence-electron chi connectivity index (χ2n) is 3.86. The van der Waals surface area contributed by atoms with Crippen molar-refractivity contribution in [3.8, 4) is 0 Å². The van der Waals surface area contributed by atoms with Gasteiger partial charge in [-0.25, -0.2) is 0 Å². The van der Waals surface area contributed by atoms with Crippen LogP contribution in [0.15, 0.2) is 33.4 Å². The fourth-order valence-electron chi connectivity index (χ4n) is 1.53. The van der Waals surface area contributed by atoms with Gasteiger partial charge in [0.15, 0.2) is 0 Å². The zero-order valence-corrected chi connectivity index (χ0v) is 12.0. The smallest absolute Gasteiger partial charge is 0.256 e. The van der Waals surface area contributed by atoms with Crippen LogP contribution in [-0.4, -0.2) is 5.91 Å². The molecule has 2 rings (SSSR count). The third-order valence-corrected chi connectivity index (χ3v) is 4.45. The number of rotatable bonds is 2. The van der Waals surface area contributed by atoms with Gasteiger partial charge in [-0.05, 0) is 52.4 Å². The first-order chi connectivity index (χ1) is 8.09. The molecule has 0 aliphatic carbocycles. The topological polar surface area (TPSA) is 29.1 Å². The largest absolute Gasteiger partial charge is 0.321 e. The van der Waals surface area contributed by atoms with Crippen molar-refractivity contribution in [3.05, 3.63) is 50.1 Å². The zero-order valence-electron chi connectivity index (χ0n) is 9.58. The Bertz CT molecular complexity index is 562. The number of carbonyl (C=O) groups excluding carboxylic acids is 1. The molecular weight excluding hydrogens is 298 g/mol. The Morgan fingerprint density at radius 3 is 2.65 bits per heavy atom. The van der Waals surface area contributed by atoms with Gasteiger partial charge < -0.3 is 5.32 Å². The van der Waals surface area contributed by atoms with E-state index in [-0.39, 0.29) is 5.91 Å². The van der Waals surface area contributed by atoms with Crippen LogP contribution in [0, 0.1) is 13.8 Å². The van der Waals surface area contributed by atoms with E-state index in [0.717, 1.165) is 26.9 Å². The van der Waals surface area contributed by atoms with E-state index >= 15 is 0 Å². The average molecular weight is 310 g/mol. The summed E-state index contributed by atoms with van der Waals surface area (Å²) in [5, 5.41) is 6.76. The van der Waals surface area contributed by atoms with E-state index < -0.39 is 0 Å². The third kappa shape index (κ3) is 2.58. The predicted octanol–water partition coefficient (Wildman–Crippen LogP) is 4.38. The molecule has 0 saturated carbocycles. The first kappa shape index (κ1) is 12.3. The first-order valence-corrected chi connectivity index (χ1v) is 6.92. The van der Waals surface area contributed by atoms with Crippen molar-refractivity contribution in [3.63, 3.8) is 0 Å². The van der Waals surface area contributed by atoms with Crippen LogP contribution in [-0.2, 0) is 0 Å². The molecule has 0 atom stereocenters. The lowest BCUT2D eigenvalue weighted by atomic mass is 10.2. The van der Waals surface area contributed by atoms with Crippen molar-refractivity contribution in [2.75, 3.05) is 5.32 Å². The summed E-state index contributed by atoms with van der Waals surface area (Å²) in [7, 11) is 0. The second-order valence-corrected chi connectivity index (χ2v) is 5.40. The Labute approximate surface area is 113 Å². The molecule has 0 fully saturated rings. The van der Waals surface area contributed by atoms with Gasteiger partial charge in [-0.3, -0.25) is 4.79 Å². The Morgan fingerprint density at radius 2 is 2.00 bits per heavy atom. The molecule has 2 aromatic rings. The lowest BCUT2D eigenvalue weighted by Crippen LogP contribution is -2.12. The highest BCUT2D eigenvalue weighted by Gasteiger charge is 2.11. The maximum absolute atomic E-state index is 12.0. The molecule has 0 saturated heterocycles. The number of aryl methyl sites for hydroxylation is 2. The number of hydrogen-bond acceptors (Lipinski definition) is 2. The number of hydrogen-bond donors (Lipinski definition) is 1. The molecule has 0 bridgehead atoms. The molecule has 0 radical (unpaired) electrons. The minimum absolute atomic E-state index is 0.0601. The molecule has 2 nitrogen and oxygen atoms in total. The second kappa shape index (κ2) is 5.02. The maximum atomic E-state index is 12.0. The summed E-state index contributed by atoms with van der Waals surface area (Å²) in [6.07, 6.45) is 0. The normalized spacial score (nSPS) is 10.3. The van der Waals surface area contributed by atoms with Crippen molar-refractivity contribution >= 4 is 38.9 Å². The maximum Gasteiger partial charge on any atom is 0.256 e. The van der Waals surface area contributed by atoms with E-state index in [1.165, 1.54) is 11.3 Å². The highest BCUT2D eigenvalue weighted by atomic mass is 79.9. The van der Waals surface area contributed by atoms with Crippen molar-refractivity contribution < 1.29 is 4.79 Å². The van der Waals surface area contributed by atoms with Crippen LogP contribution in [0.2, 0.25) is 0 Å². The third-order valence-electron chi connectivity index (χ3n) is 2.54. The summed E-state index contributed by atoms with van der Waals surface area (Å²) in [4.78, 5) is 12.0. The van der Waals surface area contributed by atoms with Gasteiger partial charge in [0.2, 0.25) is 0 Å². The summed E-state index contributed by atoms with van der Waals surface area (Å²) >= 11 is 5.02. The molecule has 0 spiro atoms. The molecule has 1 aromatic carbocycles. The monoisotopic (exact) mass is 309 g/mol. The Morgan fingerprint density at radius 1 is 1.24 bits per heavy atom. The van der Waals surface area contributed by atoms with Crippen molar-refractivity contribution in [1.82, 2.24) is 0 Å². The Hall–Kier alpha value is -1.13. The van der Waals surface area contributed by atoms with Crippen LogP contribution in [0.3, 0.4) is 0 Å². The molecule has 4 heteroatoms. The molecule has 17 heavy (non-hydrogen) atoms. The predicted molar refractivity (Wildman–Crippen MR) is 75.9 cm³/mol. The number of carbonyl (C=O) groups is 1. The van der Waals surface area contributed by atoms with Crippen molar-refractivity contribution in [2.24, 2.45) is 0 Å². The summed E-state index contributed by atoms with van der Waals surface area (Å²) in [6, 6.07) is 5.81. The quantitative estimate of drug-likeness (QED) is 0.876. The fraction of sp³-hybridized carbons (Fsp3) is 0.154. The number of anilines is 1.